The summed E-state index contributed by atoms with van der Waals surface area (Å²) in [6.45, 7) is 5.93. The Hall–Kier alpha value is -3.52. The molecule has 0 unspecified atom stereocenters. The second-order valence-electron chi connectivity index (χ2n) is 9.78. The number of hydrogen-bond donors (Lipinski definition) is 0. The van der Waals surface area contributed by atoms with Crippen molar-refractivity contribution in [2.24, 2.45) is 5.41 Å². The van der Waals surface area contributed by atoms with E-state index in [2.05, 4.69) is 27.9 Å². The van der Waals surface area contributed by atoms with Crippen molar-refractivity contribution in [3.05, 3.63) is 65.2 Å². The summed E-state index contributed by atoms with van der Waals surface area (Å²) in [6, 6.07) is 7.59. The van der Waals surface area contributed by atoms with E-state index in [9.17, 15) is 9.59 Å². The summed E-state index contributed by atoms with van der Waals surface area (Å²) in [5, 5.41) is 0. The standard InChI is InChI=1S/C27H28N4O4/c1-18-19(2-3-21-22(18)17-35-25(21)32)5-11-30-12-7-27(8-13-30)9-14-31(26(27)33)23-4-10-28-24(29-23)20-6-15-34-16-20/h2-4,6,10,15-16H,5,7-9,11-14,17H2,1H3. The second kappa shape index (κ2) is 8.61. The lowest BCUT2D eigenvalue weighted by molar-refractivity contribution is -0.128. The Kier molecular flexibility index (Phi) is 5.40. The smallest absolute Gasteiger partial charge is 0.338 e. The van der Waals surface area contributed by atoms with Crippen LogP contribution in [-0.2, 0) is 22.6 Å². The van der Waals surface area contributed by atoms with Gasteiger partial charge in [0.15, 0.2) is 5.82 Å². The monoisotopic (exact) mass is 472 g/mol. The molecule has 2 fully saturated rings. The van der Waals surface area contributed by atoms with E-state index in [0.29, 0.717) is 30.4 Å². The number of rotatable bonds is 5. The maximum Gasteiger partial charge on any atom is 0.338 e. The summed E-state index contributed by atoms with van der Waals surface area (Å²) in [5.74, 6) is 1.20. The quantitative estimate of drug-likeness (QED) is 0.522. The zero-order valence-corrected chi connectivity index (χ0v) is 19.8. The fourth-order valence-electron chi connectivity index (χ4n) is 5.69. The Morgan fingerprint density at radius 2 is 1.89 bits per heavy atom. The number of aromatic nitrogens is 2. The number of benzene rings is 1. The van der Waals surface area contributed by atoms with E-state index in [-0.39, 0.29) is 17.3 Å². The van der Waals surface area contributed by atoms with Crippen LogP contribution < -0.4 is 4.90 Å². The first-order chi connectivity index (χ1) is 17.0. The SMILES string of the molecule is Cc1c(CCN2CCC3(CC2)CCN(c2ccnc(-c4ccoc4)n2)C3=O)ccc2c1COC2=O. The largest absolute Gasteiger partial charge is 0.472 e. The molecule has 2 saturated heterocycles. The molecule has 180 valence electrons. The van der Waals surface area contributed by atoms with Crippen LogP contribution in [0, 0.1) is 12.3 Å². The van der Waals surface area contributed by atoms with Crippen molar-refractivity contribution in [3.8, 4) is 11.4 Å². The summed E-state index contributed by atoms with van der Waals surface area (Å²) < 4.78 is 10.3. The summed E-state index contributed by atoms with van der Waals surface area (Å²) in [6.07, 6.45) is 8.44. The van der Waals surface area contributed by atoms with Gasteiger partial charge < -0.3 is 14.1 Å². The van der Waals surface area contributed by atoms with Crippen LogP contribution in [0.3, 0.4) is 0 Å². The van der Waals surface area contributed by atoms with Crippen molar-refractivity contribution >= 4 is 17.7 Å². The Bertz CT molecular complexity index is 1280. The van der Waals surface area contributed by atoms with Gasteiger partial charge in [0.05, 0.1) is 22.8 Å². The average molecular weight is 473 g/mol. The Labute approximate surface area is 203 Å². The summed E-state index contributed by atoms with van der Waals surface area (Å²) in [5.41, 5.74) is 4.68. The molecule has 1 aromatic carbocycles. The molecule has 0 aliphatic carbocycles. The van der Waals surface area contributed by atoms with Crippen LogP contribution in [0.5, 0.6) is 0 Å². The van der Waals surface area contributed by atoms with E-state index in [1.165, 1.54) is 11.1 Å². The zero-order chi connectivity index (χ0) is 24.0. The number of likely N-dealkylation sites (tertiary alicyclic amines) is 1. The number of carbonyl (C=O) groups is 2. The molecule has 1 amide bonds. The summed E-state index contributed by atoms with van der Waals surface area (Å²) in [7, 11) is 0. The maximum atomic E-state index is 13.5. The molecule has 0 atom stereocenters. The fraction of sp³-hybridized carbons (Fsp3) is 0.407. The molecule has 2 aromatic heterocycles. The molecule has 6 rings (SSSR count). The molecule has 0 bridgehead atoms. The van der Waals surface area contributed by atoms with Gasteiger partial charge in [-0.2, -0.15) is 0 Å². The lowest BCUT2D eigenvalue weighted by Crippen LogP contribution is -2.45. The predicted octanol–water partition coefficient (Wildman–Crippen LogP) is 3.78. The second-order valence-corrected chi connectivity index (χ2v) is 9.78. The third kappa shape index (κ3) is 3.82. The molecule has 0 radical (unpaired) electrons. The predicted molar refractivity (Wildman–Crippen MR) is 129 cm³/mol. The normalized spacial score (nSPS) is 19.4. The number of carbonyl (C=O) groups excluding carboxylic acids is 2. The van der Waals surface area contributed by atoms with Crippen LogP contribution in [0.2, 0.25) is 0 Å². The highest BCUT2D eigenvalue weighted by atomic mass is 16.5. The van der Waals surface area contributed by atoms with Crippen molar-refractivity contribution in [1.29, 1.82) is 0 Å². The van der Waals surface area contributed by atoms with E-state index in [1.807, 2.05) is 23.1 Å². The molecule has 8 heteroatoms. The van der Waals surface area contributed by atoms with E-state index >= 15 is 0 Å². The lowest BCUT2D eigenvalue weighted by atomic mass is 9.77. The van der Waals surface area contributed by atoms with Gasteiger partial charge in [-0.05, 0) is 75.0 Å². The molecule has 35 heavy (non-hydrogen) atoms. The molecule has 1 spiro atoms. The van der Waals surface area contributed by atoms with Crippen molar-refractivity contribution in [1.82, 2.24) is 14.9 Å². The molecule has 8 nitrogen and oxygen atoms in total. The highest BCUT2D eigenvalue weighted by Gasteiger charge is 2.48. The van der Waals surface area contributed by atoms with E-state index in [1.54, 1.807) is 18.7 Å². The number of hydrogen-bond acceptors (Lipinski definition) is 7. The van der Waals surface area contributed by atoms with Gasteiger partial charge in [0.2, 0.25) is 5.91 Å². The van der Waals surface area contributed by atoms with E-state index < -0.39 is 0 Å². The van der Waals surface area contributed by atoms with E-state index in [0.717, 1.165) is 56.4 Å². The number of fused-ring (bicyclic) bond motifs is 1. The summed E-state index contributed by atoms with van der Waals surface area (Å²) in [4.78, 5) is 38.6. The Morgan fingerprint density at radius 1 is 1.06 bits per heavy atom. The molecule has 3 aliphatic heterocycles. The number of piperidine rings is 1. The lowest BCUT2D eigenvalue weighted by Gasteiger charge is -2.38. The van der Waals surface area contributed by atoms with Crippen LogP contribution in [0.25, 0.3) is 11.4 Å². The molecular formula is C27H28N4O4. The first-order valence-corrected chi connectivity index (χ1v) is 12.2. The number of anilines is 1. The molecular weight excluding hydrogens is 444 g/mol. The fourth-order valence-corrected chi connectivity index (χ4v) is 5.69. The number of esters is 1. The Morgan fingerprint density at radius 3 is 2.69 bits per heavy atom. The third-order valence-electron chi connectivity index (χ3n) is 8.00. The van der Waals surface area contributed by atoms with Crippen LogP contribution in [-0.4, -0.2) is 52.9 Å². The van der Waals surface area contributed by atoms with Crippen molar-refractivity contribution in [2.75, 3.05) is 31.1 Å². The van der Waals surface area contributed by atoms with Crippen LogP contribution in [0.4, 0.5) is 5.82 Å². The van der Waals surface area contributed by atoms with Gasteiger partial charge in [0.1, 0.15) is 18.7 Å². The minimum absolute atomic E-state index is 0.188. The van der Waals surface area contributed by atoms with Crippen molar-refractivity contribution in [2.45, 2.75) is 39.2 Å². The molecule has 3 aliphatic rings. The number of ether oxygens (including phenoxy) is 1. The van der Waals surface area contributed by atoms with Gasteiger partial charge in [-0.1, -0.05) is 6.07 Å². The van der Waals surface area contributed by atoms with Gasteiger partial charge in [-0.15, -0.1) is 0 Å². The maximum absolute atomic E-state index is 13.5. The van der Waals surface area contributed by atoms with Gasteiger partial charge in [0, 0.05) is 24.8 Å². The minimum Gasteiger partial charge on any atom is -0.472 e. The number of amides is 1. The average Bonchev–Trinajstić information content (AvgIpc) is 3.62. The topological polar surface area (TPSA) is 88.8 Å². The van der Waals surface area contributed by atoms with Gasteiger partial charge in [-0.25, -0.2) is 14.8 Å². The molecule has 0 N–H and O–H groups in total. The van der Waals surface area contributed by atoms with Gasteiger partial charge in [0.25, 0.3) is 0 Å². The van der Waals surface area contributed by atoms with Crippen LogP contribution in [0.15, 0.2) is 47.4 Å². The van der Waals surface area contributed by atoms with Crippen molar-refractivity contribution in [3.63, 3.8) is 0 Å². The van der Waals surface area contributed by atoms with Gasteiger partial charge >= 0.3 is 5.97 Å². The third-order valence-corrected chi connectivity index (χ3v) is 8.00. The number of furan rings is 1. The number of nitrogens with zero attached hydrogens (tertiary/aromatic N) is 4. The molecule has 3 aromatic rings. The van der Waals surface area contributed by atoms with E-state index in [4.69, 9.17) is 9.15 Å². The zero-order valence-electron chi connectivity index (χ0n) is 19.8. The van der Waals surface area contributed by atoms with Crippen LogP contribution >= 0.6 is 0 Å². The summed E-state index contributed by atoms with van der Waals surface area (Å²) >= 11 is 0. The first kappa shape index (κ1) is 22.0. The molecule has 5 heterocycles. The first-order valence-electron chi connectivity index (χ1n) is 12.2. The Balaban J connectivity index is 1.08. The number of cyclic esters (lactones) is 1. The van der Waals surface area contributed by atoms with Crippen LogP contribution in [0.1, 0.15) is 46.3 Å². The molecule has 0 saturated carbocycles. The highest BCUT2D eigenvalue weighted by molar-refractivity contribution is 5.99. The highest BCUT2D eigenvalue weighted by Crippen LogP contribution is 2.43. The van der Waals surface area contributed by atoms with Crippen molar-refractivity contribution < 1.29 is 18.7 Å². The minimum atomic E-state index is -0.293. The van der Waals surface area contributed by atoms with Gasteiger partial charge in [-0.3, -0.25) is 9.69 Å².